The summed E-state index contributed by atoms with van der Waals surface area (Å²) >= 11 is 0. The van der Waals surface area contributed by atoms with Crippen molar-refractivity contribution >= 4 is 22.5 Å². The van der Waals surface area contributed by atoms with Crippen LogP contribution in [0.3, 0.4) is 0 Å². The van der Waals surface area contributed by atoms with Gasteiger partial charge in [-0.25, -0.2) is 4.79 Å². The predicted octanol–water partition coefficient (Wildman–Crippen LogP) is 2.57. The van der Waals surface area contributed by atoms with E-state index in [1.807, 2.05) is 42.5 Å². The van der Waals surface area contributed by atoms with E-state index < -0.39 is 0 Å². The third-order valence-electron chi connectivity index (χ3n) is 3.87. The molecular weight excluding hydrogens is 250 g/mol. The Morgan fingerprint density at radius 2 is 1.95 bits per heavy atom. The molecule has 2 unspecified atom stereocenters. The standard InChI is InChI=1S/C16H19N3O/c1-11-9-17-10-15(11)19-16(20)18-14-8-4-6-12-5-2-3-7-13(12)14/h2-8,11,15,17H,9-10H2,1H3,(H2,18,19,20). The Morgan fingerprint density at radius 3 is 2.75 bits per heavy atom. The minimum Gasteiger partial charge on any atom is -0.334 e. The van der Waals surface area contributed by atoms with Gasteiger partial charge in [0.2, 0.25) is 0 Å². The van der Waals surface area contributed by atoms with Crippen molar-refractivity contribution in [3.05, 3.63) is 42.5 Å². The van der Waals surface area contributed by atoms with Gasteiger partial charge in [-0.2, -0.15) is 0 Å². The van der Waals surface area contributed by atoms with Crippen molar-refractivity contribution < 1.29 is 4.79 Å². The maximum absolute atomic E-state index is 12.1. The lowest BCUT2D eigenvalue weighted by Gasteiger charge is -2.17. The van der Waals surface area contributed by atoms with Crippen LogP contribution >= 0.6 is 0 Å². The second-order valence-electron chi connectivity index (χ2n) is 5.37. The van der Waals surface area contributed by atoms with Crippen molar-refractivity contribution in [1.82, 2.24) is 10.6 Å². The molecule has 20 heavy (non-hydrogen) atoms. The van der Waals surface area contributed by atoms with Crippen molar-refractivity contribution in [2.24, 2.45) is 5.92 Å². The summed E-state index contributed by atoms with van der Waals surface area (Å²) in [6.07, 6.45) is 0. The van der Waals surface area contributed by atoms with Gasteiger partial charge in [0.05, 0.1) is 5.69 Å². The predicted molar refractivity (Wildman–Crippen MR) is 81.9 cm³/mol. The first-order valence-electron chi connectivity index (χ1n) is 7.00. The summed E-state index contributed by atoms with van der Waals surface area (Å²) in [5.41, 5.74) is 0.846. The molecule has 4 nitrogen and oxygen atoms in total. The van der Waals surface area contributed by atoms with E-state index in [-0.39, 0.29) is 12.1 Å². The molecule has 4 heteroatoms. The van der Waals surface area contributed by atoms with Crippen LogP contribution < -0.4 is 16.0 Å². The zero-order valence-electron chi connectivity index (χ0n) is 11.5. The van der Waals surface area contributed by atoms with Crippen LogP contribution in [0.25, 0.3) is 10.8 Å². The lowest BCUT2D eigenvalue weighted by molar-refractivity contribution is 0.247. The van der Waals surface area contributed by atoms with E-state index in [9.17, 15) is 4.79 Å². The Balaban J connectivity index is 1.74. The highest BCUT2D eigenvalue weighted by Crippen LogP contribution is 2.22. The fourth-order valence-corrected chi connectivity index (χ4v) is 2.66. The highest BCUT2D eigenvalue weighted by molar-refractivity contribution is 6.01. The number of anilines is 1. The minimum absolute atomic E-state index is 0.137. The average Bonchev–Trinajstić information content (AvgIpc) is 2.85. The van der Waals surface area contributed by atoms with Gasteiger partial charge in [0, 0.05) is 18.0 Å². The number of fused-ring (bicyclic) bond motifs is 1. The molecule has 1 heterocycles. The lowest BCUT2D eigenvalue weighted by atomic mass is 10.1. The molecule has 0 spiro atoms. The van der Waals surface area contributed by atoms with Crippen molar-refractivity contribution in [3.63, 3.8) is 0 Å². The number of benzene rings is 2. The number of nitrogens with one attached hydrogen (secondary N) is 3. The Hall–Kier alpha value is -2.07. The van der Waals surface area contributed by atoms with Gasteiger partial charge in [-0.15, -0.1) is 0 Å². The second kappa shape index (κ2) is 5.51. The molecule has 1 saturated heterocycles. The van der Waals surface area contributed by atoms with E-state index in [1.54, 1.807) is 0 Å². The molecule has 2 aromatic rings. The van der Waals surface area contributed by atoms with Crippen molar-refractivity contribution in [3.8, 4) is 0 Å². The first-order valence-corrected chi connectivity index (χ1v) is 7.00. The summed E-state index contributed by atoms with van der Waals surface area (Å²) in [7, 11) is 0. The molecule has 1 aliphatic heterocycles. The van der Waals surface area contributed by atoms with Crippen LogP contribution in [0.2, 0.25) is 0 Å². The molecule has 1 aliphatic rings. The average molecular weight is 269 g/mol. The third-order valence-corrected chi connectivity index (χ3v) is 3.87. The summed E-state index contributed by atoms with van der Waals surface area (Å²) in [5, 5.41) is 11.4. The first-order chi connectivity index (χ1) is 9.74. The fourth-order valence-electron chi connectivity index (χ4n) is 2.66. The molecular formula is C16H19N3O. The maximum atomic E-state index is 12.1. The molecule has 0 bridgehead atoms. The van der Waals surface area contributed by atoms with Crippen LogP contribution in [-0.2, 0) is 0 Å². The van der Waals surface area contributed by atoms with Gasteiger partial charge < -0.3 is 16.0 Å². The highest BCUT2D eigenvalue weighted by Gasteiger charge is 2.24. The largest absolute Gasteiger partial charge is 0.334 e. The van der Waals surface area contributed by atoms with Crippen molar-refractivity contribution in [2.45, 2.75) is 13.0 Å². The maximum Gasteiger partial charge on any atom is 0.319 e. The van der Waals surface area contributed by atoms with Crippen LogP contribution in [0.5, 0.6) is 0 Å². The zero-order chi connectivity index (χ0) is 13.9. The molecule has 0 aromatic heterocycles. The monoisotopic (exact) mass is 269 g/mol. The van der Waals surface area contributed by atoms with Crippen LogP contribution in [0, 0.1) is 5.92 Å². The molecule has 2 amide bonds. The molecule has 3 N–H and O–H groups in total. The van der Waals surface area contributed by atoms with Crippen LogP contribution in [-0.4, -0.2) is 25.2 Å². The second-order valence-corrected chi connectivity index (χ2v) is 5.37. The Bertz CT molecular complexity index is 621. The summed E-state index contributed by atoms with van der Waals surface area (Å²) in [4.78, 5) is 12.1. The van der Waals surface area contributed by atoms with Crippen LogP contribution in [0.15, 0.2) is 42.5 Å². The van der Waals surface area contributed by atoms with E-state index in [1.165, 1.54) is 0 Å². The molecule has 2 aromatic carbocycles. The Labute approximate surface area is 118 Å². The van der Waals surface area contributed by atoms with Gasteiger partial charge in [0.25, 0.3) is 0 Å². The lowest BCUT2D eigenvalue weighted by Crippen LogP contribution is -2.41. The van der Waals surface area contributed by atoms with Crippen LogP contribution in [0.1, 0.15) is 6.92 Å². The quantitative estimate of drug-likeness (QED) is 0.785. The smallest absolute Gasteiger partial charge is 0.319 e. The molecule has 2 atom stereocenters. The highest BCUT2D eigenvalue weighted by atomic mass is 16.2. The van der Waals surface area contributed by atoms with E-state index in [0.717, 1.165) is 29.5 Å². The van der Waals surface area contributed by atoms with Gasteiger partial charge in [-0.05, 0) is 23.9 Å². The fraction of sp³-hybridized carbons (Fsp3) is 0.312. The summed E-state index contributed by atoms with van der Waals surface area (Å²) < 4.78 is 0. The molecule has 0 aliphatic carbocycles. The minimum atomic E-state index is -0.137. The molecule has 0 radical (unpaired) electrons. The van der Waals surface area contributed by atoms with Gasteiger partial charge >= 0.3 is 6.03 Å². The van der Waals surface area contributed by atoms with E-state index in [0.29, 0.717) is 5.92 Å². The number of hydrogen-bond donors (Lipinski definition) is 3. The number of rotatable bonds is 2. The Kier molecular flexibility index (Phi) is 3.56. The number of amides is 2. The first kappa shape index (κ1) is 12.9. The summed E-state index contributed by atoms with van der Waals surface area (Å²) in [6, 6.07) is 14.0. The topological polar surface area (TPSA) is 53.2 Å². The van der Waals surface area contributed by atoms with Crippen molar-refractivity contribution in [2.75, 3.05) is 18.4 Å². The molecule has 104 valence electrons. The zero-order valence-corrected chi connectivity index (χ0v) is 11.5. The SMILES string of the molecule is CC1CNCC1NC(=O)Nc1cccc2ccccc12. The number of hydrogen-bond acceptors (Lipinski definition) is 2. The van der Waals surface area contributed by atoms with Gasteiger partial charge in [-0.3, -0.25) is 0 Å². The van der Waals surface area contributed by atoms with Gasteiger partial charge in [-0.1, -0.05) is 43.3 Å². The number of carbonyl (C=O) groups excluding carboxylic acids is 1. The Morgan fingerprint density at radius 1 is 1.15 bits per heavy atom. The third kappa shape index (κ3) is 2.60. The van der Waals surface area contributed by atoms with Gasteiger partial charge in [0.15, 0.2) is 0 Å². The van der Waals surface area contributed by atoms with E-state index in [4.69, 9.17) is 0 Å². The normalized spacial score (nSPS) is 21.9. The van der Waals surface area contributed by atoms with Crippen LogP contribution in [0.4, 0.5) is 10.5 Å². The number of carbonyl (C=O) groups is 1. The van der Waals surface area contributed by atoms with E-state index >= 15 is 0 Å². The summed E-state index contributed by atoms with van der Waals surface area (Å²) in [6.45, 7) is 3.94. The molecule has 1 fully saturated rings. The van der Waals surface area contributed by atoms with E-state index in [2.05, 4.69) is 22.9 Å². The molecule has 3 rings (SSSR count). The van der Waals surface area contributed by atoms with Gasteiger partial charge in [0.1, 0.15) is 0 Å². The van der Waals surface area contributed by atoms with Crippen molar-refractivity contribution in [1.29, 1.82) is 0 Å². The summed E-state index contributed by atoms with van der Waals surface area (Å²) in [5.74, 6) is 0.466. The number of urea groups is 1. The molecule has 0 saturated carbocycles.